The molecule has 2 heterocycles. The Labute approximate surface area is 173 Å². The maximum atomic E-state index is 11.1. The second-order valence-corrected chi connectivity index (χ2v) is 7.84. The minimum atomic E-state index is -0.943. The summed E-state index contributed by atoms with van der Waals surface area (Å²) < 4.78 is 0. The highest BCUT2D eigenvalue weighted by Crippen LogP contribution is 2.31. The number of fused-ring (bicyclic) bond motifs is 1. The summed E-state index contributed by atoms with van der Waals surface area (Å²) in [6.07, 6.45) is 1.85. The third kappa shape index (κ3) is 4.27. The highest BCUT2D eigenvalue weighted by Gasteiger charge is 2.13. The van der Waals surface area contributed by atoms with Gasteiger partial charge in [-0.3, -0.25) is 0 Å². The van der Waals surface area contributed by atoms with Crippen molar-refractivity contribution in [2.75, 3.05) is 11.9 Å². The van der Waals surface area contributed by atoms with Crippen LogP contribution in [0.25, 0.3) is 21.6 Å². The van der Waals surface area contributed by atoms with Crippen molar-refractivity contribution in [1.82, 2.24) is 9.97 Å². The SMILES string of the molecule is CCc1cc2c(NCCc3ccccc3)nc(-c3ccc(C(=O)O)cc3)nc2s1. The summed E-state index contributed by atoms with van der Waals surface area (Å²) in [5.74, 6) is 0.474. The summed E-state index contributed by atoms with van der Waals surface area (Å²) >= 11 is 1.67. The van der Waals surface area contributed by atoms with E-state index in [2.05, 4.69) is 30.4 Å². The van der Waals surface area contributed by atoms with Crippen LogP contribution in [-0.4, -0.2) is 27.6 Å². The van der Waals surface area contributed by atoms with E-state index in [-0.39, 0.29) is 5.56 Å². The summed E-state index contributed by atoms with van der Waals surface area (Å²) in [5, 5.41) is 13.6. The number of hydrogen-bond donors (Lipinski definition) is 2. The molecule has 0 aliphatic heterocycles. The maximum absolute atomic E-state index is 11.1. The average Bonchev–Trinajstić information content (AvgIpc) is 3.18. The molecule has 0 amide bonds. The van der Waals surface area contributed by atoms with Gasteiger partial charge < -0.3 is 10.4 Å². The van der Waals surface area contributed by atoms with Crippen LogP contribution in [0.1, 0.15) is 27.7 Å². The topological polar surface area (TPSA) is 75.1 Å². The number of carbonyl (C=O) groups is 1. The molecule has 0 spiro atoms. The van der Waals surface area contributed by atoms with Crippen molar-refractivity contribution in [2.24, 2.45) is 0 Å². The zero-order valence-electron chi connectivity index (χ0n) is 16.1. The van der Waals surface area contributed by atoms with Gasteiger partial charge >= 0.3 is 5.97 Å². The lowest BCUT2D eigenvalue weighted by atomic mass is 10.1. The molecule has 146 valence electrons. The van der Waals surface area contributed by atoms with Crippen molar-refractivity contribution < 1.29 is 9.90 Å². The fraction of sp³-hybridized carbons (Fsp3) is 0.174. The van der Waals surface area contributed by atoms with E-state index in [0.717, 1.165) is 41.0 Å². The predicted octanol–water partition coefficient (Wildman–Crippen LogP) is 5.27. The number of nitrogens with zero attached hydrogens (tertiary/aromatic N) is 2. The Bertz CT molecular complexity index is 1140. The van der Waals surface area contributed by atoms with E-state index in [1.165, 1.54) is 10.4 Å². The van der Waals surface area contributed by atoms with E-state index in [9.17, 15) is 4.79 Å². The molecule has 0 saturated carbocycles. The number of aromatic nitrogens is 2. The van der Waals surface area contributed by atoms with Gasteiger partial charge in [0.15, 0.2) is 5.82 Å². The number of aryl methyl sites for hydroxylation is 1. The molecule has 5 nitrogen and oxygen atoms in total. The number of carboxylic acid groups (broad SMARTS) is 1. The number of aromatic carboxylic acids is 1. The molecule has 29 heavy (non-hydrogen) atoms. The third-order valence-corrected chi connectivity index (χ3v) is 5.90. The van der Waals surface area contributed by atoms with E-state index < -0.39 is 5.97 Å². The van der Waals surface area contributed by atoms with E-state index in [1.807, 2.05) is 18.2 Å². The number of anilines is 1. The van der Waals surface area contributed by atoms with Gasteiger partial charge in [0, 0.05) is 17.0 Å². The van der Waals surface area contributed by atoms with Crippen LogP contribution in [0.4, 0.5) is 5.82 Å². The molecule has 0 radical (unpaired) electrons. The zero-order chi connectivity index (χ0) is 20.2. The molecule has 0 fully saturated rings. The molecule has 0 unspecified atom stereocenters. The Morgan fingerprint density at radius 3 is 2.52 bits per heavy atom. The Morgan fingerprint density at radius 1 is 1.07 bits per heavy atom. The van der Waals surface area contributed by atoms with Crippen LogP contribution in [0.5, 0.6) is 0 Å². The van der Waals surface area contributed by atoms with Gasteiger partial charge in [-0.15, -0.1) is 11.3 Å². The monoisotopic (exact) mass is 403 g/mol. The van der Waals surface area contributed by atoms with Crippen molar-refractivity contribution in [2.45, 2.75) is 19.8 Å². The first kappa shape index (κ1) is 19.1. The van der Waals surface area contributed by atoms with Gasteiger partial charge in [0.1, 0.15) is 10.6 Å². The average molecular weight is 404 g/mol. The number of thiophene rings is 1. The standard InChI is InChI=1S/C23H21N3O2S/c1-2-18-14-19-21(24-13-12-15-6-4-3-5-7-15)25-20(26-22(19)29-18)16-8-10-17(11-9-16)23(27)28/h3-11,14H,2,12-13H2,1H3,(H,27,28)(H,24,25,26). The minimum Gasteiger partial charge on any atom is -0.478 e. The highest BCUT2D eigenvalue weighted by atomic mass is 32.1. The number of rotatable bonds is 7. The largest absolute Gasteiger partial charge is 0.478 e. The molecule has 0 atom stereocenters. The molecule has 4 rings (SSSR count). The van der Waals surface area contributed by atoms with Gasteiger partial charge in [-0.2, -0.15) is 0 Å². The van der Waals surface area contributed by atoms with E-state index in [0.29, 0.717) is 5.82 Å². The van der Waals surface area contributed by atoms with Gasteiger partial charge in [-0.1, -0.05) is 49.4 Å². The quantitative estimate of drug-likeness (QED) is 0.439. The molecular weight excluding hydrogens is 382 g/mol. The lowest BCUT2D eigenvalue weighted by Gasteiger charge is -2.09. The van der Waals surface area contributed by atoms with Crippen molar-refractivity contribution >= 4 is 33.3 Å². The second kappa shape index (κ2) is 8.41. The van der Waals surface area contributed by atoms with E-state index in [1.54, 1.807) is 35.6 Å². The summed E-state index contributed by atoms with van der Waals surface area (Å²) in [7, 11) is 0. The fourth-order valence-electron chi connectivity index (χ4n) is 3.14. The van der Waals surface area contributed by atoms with Gasteiger partial charge in [0.05, 0.1) is 10.9 Å². The Balaban J connectivity index is 1.65. The van der Waals surface area contributed by atoms with Gasteiger partial charge in [0.25, 0.3) is 0 Å². The molecule has 4 aromatic rings. The lowest BCUT2D eigenvalue weighted by Crippen LogP contribution is -2.07. The van der Waals surface area contributed by atoms with Crippen LogP contribution < -0.4 is 5.32 Å². The first-order valence-corrected chi connectivity index (χ1v) is 10.4. The molecule has 6 heteroatoms. The predicted molar refractivity (Wildman–Crippen MR) is 118 cm³/mol. The van der Waals surface area contributed by atoms with Gasteiger partial charge in [0.2, 0.25) is 0 Å². The van der Waals surface area contributed by atoms with Crippen molar-refractivity contribution in [3.05, 3.63) is 76.7 Å². The third-order valence-electron chi connectivity index (χ3n) is 4.73. The summed E-state index contributed by atoms with van der Waals surface area (Å²) in [5.41, 5.74) is 2.32. The Kier molecular flexibility index (Phi) is 5.53. The Hall–Kier alpha value is -3.25. The first-order valence-electron chi connectivity index (χ1n) is 9.56. The molecular formula is C23H21N3O2S. The molecule has 0 saturated heterocycles. The maximum Gasteiger partial charge on any atom is 0.335 e. The van der Waals surface area contributed by atoms with Gasteiger partial charge in [-0.05, 0) is 36.6 Å². The van der Waals surface area contributed by atoms with Crippen LogP contribution >= 0.6 is 11.3 Å². The summed E-state index contributed by atoms with van der Waals surface area (Å²) in [6, 6.07) is 19.2. The Morgan fingerprint density at radius 2 is 1.83 bits per heavy atom. The van der Waals surface area contributed by atoms with Crippen molar-refractivity contribution in [1.29, 1.82) is 0 Å². The van der Waals surface area contributed by atoms with Crippen LogP contribution in [0.2, 0.25) is 0 Å². The molecule has 2 N–H and O–H groups in total. The zero-order valence-corrected chi connectivity index (χ0v) is 16.9. The molecule has 0 aliphatic rings. The number of benzene rings is 2. The summed E-state index contributed by atoms with van der Waals surface area (Å²) in [6.45, 7) is 2.90. The van der Waals surface area contributed by atoms with E-state index in [4.69, 9.17) is 15.1 Å². The van der Waals surface area contributed by atoms with Crippen LogP contribution in [0, 0.1) is 0 Å². The van der Waals surface area contributed by atoms with Crippen LogP contribution in [0.15, 0.2) is 60.7 Å². The molecule has 2 aromatic carbocycles. The van der Waals surface area contributed by atoms with Crippen molar-refractivity contribution in [3.63, 3.8) is 0 Å². The van der Waals surface area contributed by atoms with Gasteiger partial charge in [-0.25, -0.2) is 14.8 Å². The van der Waals surface area contributed by atoms with Crippen molar-refractivity contribution in [3.8, 4) is 11.4 Å². The smallest absolute Gasteiger partial charge is 0.335 e. The second-order valence-electron chi connectivity index (χ2n) is 6.73. The minimum absolute atomic E-state index is 0.250. The highest BCUT2D eigenvalue weighted by molar-refractivity contribution is 7.18. The summed E-state index contributed by atoms with van der Waals surface area (Å²) in [4.78, 5) is 22.8. The lowest BCUT2D eigenvalue weighted by molar-refractivity contribution is 0.0697. The van der Waals surface area contributed by atoms with E-state index >= 15 is 0 Å². The number of nitrogens with one attached hydrogen (secondary N) is 1. The van der Waals surface area contributed by atoms with Crippen LogP contribution in [-0.2, 0) is 12.8 Å². The van der Waals surface area contributed by atoms with Crippen LogP contribution in [0.3, 0.4) is 0 Å². The molecule has 0 aliphatic carbocycles. The normalized spacial score (nSPS) is 10.9. The number of carboxylic acids is 1. The fourth-order valence-corrected chi connectivity index (χ4v) is 4.11. The molecule has 0 bridgehead atoms. The number of hydrogen-bond acceptors (Lipinski definition) is 5. The first-order chi connectivity index (χ1) is 14.1. The molecule has 2 aromatic heterocycles.